The van der Waals surface area contributed by atoms with E-state index in [0.717, 1.165) is 17.7 Å². The van der Waals surface area contributed by atoms with Crippen molar-refractivity contribution in [2.45, 2.75) is 26.2 Å². The van der Waals surface area contributed by atoms with Gasteiger partial charge in [0.2, 0.25) is 0 Å². The predicted molar refractivity (Wildman–Crippen MR) is 88.7 cm³/mol. The molecule has 5 heteroatoms. The van der Waals surface area contributed by atoms with E-state index in [-0.39, 0.29) is 11.8 Å². The molecule has 1 aliphatic rings. The Bertz CT molecular complexity index is 682. The molecule has 0 saturated heterocycles. The van der Waals surface area contributed by atoms with E-state index in [1.165, 1.54) is 16.9 Å². The Labute approximate surface area is 133 Å². The van der Waals surface area contributed by atoms with Crippen molar-refractivity contribution in [1.29, 1.82) is 0 Å². The molecular formula is C17H18N2O2S. The predicted octanol–water partition coefficient (Wildman–Crippen LogP) is 3.24. The minimum Gasteiger partial charge on any atom is -0.352 e. The van der Waals surface area contributed by atoms with Crippen LogP contribution in [0.25, 0.3) is 0 Å². The van der Waals surface area contributed by atoms with Gasteiger partial charge in [0, 0.05) is 22.7 Å². The summed E-state index contributed by atoms with van der Waals surface area (Å²) in [6, 6.07) is 8.95. The van der Waals surface area contributed by atoms with Gasteiger partial charge < -0.3 is 10.6 Å². The van der Waals surface area contributed by atoms with E-state index in [1.807, 2.05) is 13.0 Å². The highest BCUT2D eigenvalue weighted by Gasteiger charge is 2.18. The molecule has 0 bridgehead atoms. The van der Waals surface area contributed by atoms with E-state index in [0.29, 0.717) is 17.8 Å². The number of anilines is 1. The molecule has 0 fully saturated rings. The molecular weight excluding hydrogens is 296 g/mol. The van der Waals surface area contributed by atoms with Crippen molar-refractivity contribution in [3.63, 3.8) is 0 Å². The average Bonchev–Trinajstić information content (AvgIpc) is 3.09. The molecule has 0 saturated carbocycles. The fourth-order valence-corrected chi connectivity index (χ4v) is 3.75. The standard InChI is InChI=1S/C17H18N2O2S/c1-2-18-16(20)11-6-8-13(9-7-11)19-17(21)15-10-12-4-3-5-14(12)22-15/h6-10H,2-5H2,1H3,(H,18,20)(H,19,21). The first-order chi connectivity index (χ1) is 10.7. The maximum atomic E-state index is 12.3. The first kappa shape index (κ1) is 14.8. The Morgan fingerprint density at radius 1 is 1.14 bits per heavy atom. The maximum Gasteiger partial charge on any atom is 0.265 e. The Hall–Kier alpha value is -2.14. The minimum absolute atomic E-state index is 0.0786. The summed E-state index contributed by atoms with van der Waals surface area (Å²) in [7, 11) is 0. The number of amides is 2. The number of nitrogens with one attached hydrogen (secondary N) is 2. The maximum absolute atomic E-state index is 12.3. The van der Waals surface area contributed by atoms with Crippen LogP contribution in [-0.4, -0.2) is 18.4 Å². The summed E-state index contributed by atoms with van der Waals surface area (Å²) in [5.41, 5.74) is 2.61. The molecule has 22 heavy (non-hydrogen) atoms. The Kier molecular flexibility index (Phi) is 4.24. The second-order valence-electron chi connectivity index (χ2n) is 5.30. The highest BCUT2D eigenvalue weighted by Crippen LogP contribution is 2.30. The molecule has 1 heterocycles. The van der Waals surface area contributed by atoms with Gasteiger partial charge in [-0.05, 0) is 62.1 Å². The molecule has 1 aliphatic carbocycles. The highest BCUT2D eigenvalue weighted by molar-refractivity contribution is 7.14. The third kappa shape index (κ3) is 3.04. The number of hydrogen-bond donors (Lipinski definition) is 2. The van der Waals surface area contributed by atoms with Gasteiger partial charge >= 0.3 is 0 Å². The largest absolute Gasteiger partial charge is 0.352 e. The molecule has 4 nitrogen and oxygen atoms in total. The van der Waals surface area contributed by atoms with Crippen molar-refractivity contribution in [3.05, 3.63) is 51.2 Å². The topological polar surface area (TPSA) is 58.2 Å². The SMILES string of the molecule is CCNC(=O)c1ccc(NC(=O)c2cc3c(s2)CCC3)cc1. The zero-order valence-corrected chi connectivity index (χ0v) is 13.3. The van der Waals surface area contributed by atoms with Crippen molar-refractivity contribution < 1.29 is 9.59 Å². The van der Waals surface area contributed by atoms with Crippen LogP contribution < -0.4 is 10.6 Å². The summed E-state index contributed by atoms with van der Waals surface area (Å²) in [5, 5.41) is 5.63. The second kappa shape index (κ2) is 6.32. The third-order valence-corrected chi connectivity index (χ3v) is 4.95. The lowest BCUT2D eigenvalue weighted by Gasteiger charge is -2.06. The zero-order chi connectivity index (χ0) is 15.5. The average molecular weight is 314 g/mol. The molecule has 1 aromatic heterocycles. The van der Waals surface area contributed by atoms with Crippen LogP contribution in [0.4, 0.5) is 5.69 Å². The van der Waals surface area contributed by atoms with E-state index >= 15 is 0 Å². The van der Waals surface area contributed by atoms with E-state index in [2.05, 4.69) is 10.6 Å². The molecule has 0 atom stereocenters. The molecule has 2 amide bonds. The molecule has 1 aromatic carbocycles. The van der Waals surface area contributed by atoms with Crippen LogP contribution in [0, 0.1) is 0 Å². The molecule has 3 rings (SSSR count). The van der Waals surface area contributed by atoms with Crippen molar-refractivity contribution in [2.24, 2.45) is 0 Å². The summed E-state index contributed by atoms with van der Waals surface area (Å²) < 4.78 is 0. The number of carbonyl (C=O) groups excluding carboxylic acids is 2. The van der Waals surface area contributed by atoms with Gasteiger partial charge in [-0.1, -0.05) is 0 Å². The van der Waals surface area contributed by atoms with E-state index in [4.69, 9.17) is 0 Å². The van der Waals surface area contributed by atoms with Crippen LogP contribution in [0.15, 0.2) is 30.3 Å². The lowest BCUT2D eigenvalue weighted by atomic mass is 10.2. The Morgan fingerprint density at radius 2 is 1.91 bits per heavy atom. The second-order valence-corrected chi connectivity index (χ2v) is 6.44. The molecule has 2 aromatic rings. The number of benzene rings is 1. The van der Waals surface area contributed by atoms with Gasteiger partial charge in [0.1, 0.15) is 0 Å². The third-order valence-electron chi connectivity index (χ3n) is 3.71. The monoisotopic (exact) mass is 314 g/mol. The van der Waals surface area contributed by atoms with Crippen LogP contribution in [0.3, 0.4) is 0 Å². The van der Waals surface area contributed by atoms with Crippen LogP contribution in [-0.2, 0) is 12.8 Å². The summed E-state index contributed by atoms with van der Waals surface area (Å²) in [4.78, 5) is 26.0. The molecule has 0 unspecified atom stereocenters. The lowest BCUT2D eigenvalue weighted by Crippen LogP contribution is -2.22. The number of thiophene rings is 1. The van der Waals surface area contributed by atoms with Crippen LogP contribution in [0.1, 0.15) is 43.8 Å². The van der Waals surface area contributed by atoms with Gasteiger partial charge in [0.15, 0.2) is 0 Å². The fraction of sp³-hybridized carbons (Fsp3) is 0.294. The summed E-state index contributed by atoms with van der Waals surface area (Å²) in [6.45, 7) is 2.48. The first-order valence-corrected chi connectivity index (χ1v) is 8.30. The number of rotatable bonds is 4. The van der Waals surface area contributed by atoms with Gasteiger partial charge in [-0.15, -0.1) is 11.3 Å². The number of hydrogen-bond acceptors (Lipinski definition) is 3. The minimum atomic E-state index is -0.102. The van der Waals surface area contributed by atoms with Gasteiger partial charge in [-0.25, -0.2) is 0 Å². The van der Waals surface area contributed by atoms with Crippen molar-refractivity contribution in [2.75, 3.05) is 11.9 Å². The Balaban J connectivity index is 1.67. The van der Waals surface area contributed by atoms with Gasteiger partial charge in [0.25, 0.3) is 11.8 Å². The molecule has 0 radical (unpaired) electrons. The highest BCUT2D eigenvalue weighted by atomic mass is 32.1. The van der Waals surface area contributed by atoms with Crippen molar-refractivity contribution in [3.8, 4) is 0 Å². The molecule has 0 spiro atoms. The summed E-state index contributed by atoms with van der Waals surface area (Å²) in [5.74, 6) is -0.180. The van der Waals surface area contributed by atoms with E-state index in [9.17, 15) is 9.59 Å². The smallest absolute Gasteiger partial charge is 0.265 e. The lowest BCUT2D eigenvalue weighted by molar-refractivity contribution is 0.0955. The van der Waals surface area contributed by atoms with Gasteiger partial charge in [0.05, 0.1) is 4.88 Å². The fourth-order valence-electron chi connectivity index (χ4n) is 2.60. The quantitative estimate of drug-likeness (QED) is 0.910. The first-order valence-electron chi connectivity index (χ1n) is 7.48. The van der Waals surface area contributed by atoms with E-state index in [1.54, 1.807) is 35.6 Å². The Morgan fingerprint density at radius 3 is 2.59 bits per heavy atom. The van der Waals surface area contributed by atoms with Gasteiger partial charge in [-0.2, -0.15) is 0 Å². The van der Waals surface area contributed by atoms with Crippen molar-refractivity contribution >= 4 is 28.8 Å². The molecule has 0 aliphatic heterocycles. The van der Waals surface area contributed by atoms with Crippen LogP contribution in [0.5, 0.6) is 0 Å². The number of fused-ring (bicyclic) bond motifs is 1. The van der Waals surface area contributed by atoms with Gasteiger partial charge in [-0.3, -0.25) is 9.59 Å². The molecule has 114 valence electrons. The summed E-state index contributed by atoms with van der Waals surface area (Å²) >= 11 is 1.59. The zero-order valence-electron chi connectivity index (χ0n) is 12.4. The van der Waals surface area contributed by atoms with Crippen molar-refractivity contribution in [1.82, 2.24) is 5.32 Å². The number of carbonyl (C=O) groups is 2. The van der Waals surface area contributed by atoms with Crippen LogP contribution in [0.2, 0.25) is 0 Å². The normalized spacial score (nSPS) is 12.8. The summed E-state index contributed by atoms with van der Waals surface area (Å²) in [6.07, 6.45) is 3.37. The van der Waals surface area contributed by atoms with E-state index < -0.39 is 0 Å². The number of aryl methyl sites for hydroxylation is 2. The van der Waals surface area contributed by atoms with Crippen LogP contribution >= 0.6 is 11.3 Å². The molecule has 2 N–H and O–H groups in total.